The standard InChI is InChI=1S/2C64H36S2Se/c1-3-18-40-38(16-1)58(39-17-2-4-19-41(39)59(40)49-27-14-32-55-62(49)47-24-9-11-30-53(47)65-55)37-34-35-57-52(36-37)46-26-13-29-51(64(46)67-57)61-44-22-7-5-20-42(44)60(43-21-6-8-23-45(43)61)50-28-15-33-56-63(50)48-25-10-12-31-54(48)66-56;1-3-18-44-42(16-1)60(37-28-31-57-52(34-37)40-14-9-11-26-55(40)65-57)43-17-2-4-19-45(43)62(44)39-30-33-59-54(36-39)50-24-13-25-51(64(50)67-59)63-48-22-7-5-20-46(48)61(47-21-6-8-23-49(47)63)38-29-32-58-53(35-38)41-15-10-12-27-56(41)66-58/h2*1-36H. The summed E-state index contributed by atoms with van der Waals surface area (Å²) in [5.41, 5.74) is 20.9. The van der Waals surface area contributed by atoms with Crippen molar-refractivity contribution >= 4 is 280 Å². The third-order valence-corrected chi connectivity index (χ3v) is 38.2. The van der Waals surface area contributed by atoms with E-state index in [2.05, 4.69) is 437 Å². The van der Waals surface area contributed by atoms with Gasteiger partial charge in [-0.1, -0.05) is 36.4 Å². The van der Waals surface area contributed by atoms with E-state index >= 15 is 0 Å². The molecule has 0 aliphatic rings. The average molecular weight is 1900 g/mol. The van der Waals surface area contributed by atoms with Crippen molar-refractivity contribution in [1.82, 2.24) is 0 Å². The average Bonchev–Trinajstić information content (AvgIpc) is 1.44. The third kappa shape index (κ3) is 11.6. The summed E-state index contributed by atoms with van der Waals surface area (Å²) < 4.78 is 16.5. The van der Waals surface area contributed by atoms with E-state index in [-0.39, 0.29) is 29.0 Å². The molecule has 0 nitrogen and oxygen atoms in total. The molecule has 24 aromatic carbocycles. The van der Waals surface area contributed by atoms with Crippen LogP contribution < -0.4 is 0 Å². The molecule has 30 rings (SSSR count). The number of fused-ring (bicyclic) bond motifs is 26. The van der Waals surface area contributed by atoms with Gasteiger partial charge in [0.25, 0.3) is 0 Å². The van der Waals surface area contributed by atoms with Gasteiger partial charge in [-0.05, 0) is 12.1 Å². The number of thiophene rings is 4. The molecule has 0 fully saturated rings. The van der Waals surface area contributed by atoms with Crippen LogP contribution in [0.5, 0.6) is 0 Å². The van der Waals surface area contributed by atoms with Gasteiger partial charge in [-0.2, -0.15) is 0 Å². The summed E-state index contributed by atoms with van der Waals surface area (Å²) in [4.78, 5) is 0. The molecule has 0 bridgehead atoms. The van der Waals surface area contributed by atoms with Crippen molar-refractivity contribution in [2.75, 3.05) is 0 Å². The first-order chi connectivity index (χ1) is 66.5. The van der Waals surface area contributed by atoms with E-state index in [1.165, 1.54) is 294 Å². The van der Waals surface area contributed by atoms with Gasteiger partial charge in [-0.3, -0.25) is 0 Å². The molecule has 0 atom stereocenters. The second-order valence-corrected chi connectivity index (χ2v) is 44.3. The minimum atomic E-state index is 0.123. The van der Waals surface area contributed by atoms with E-state index in [0.717, 1.165) is 0 Å². The number of hydrogen-bond acceptors (Lipinski definition) is 4. The number of rotatable bonds is 8. The van der Waals surface area contributed by atoms with Gasteiger partial charge in [0.15, 0.2) is 0 Å². The molecule has 134 heavy (non-hydrogen) atoms. The molecule has 0 amide bonds. The third-order valence-electron chi connectivity index (χ3n) is 28.5. The maximum absolute atomic E-state index is 2.51. The van der Waals surface area contributed by atoms with Crippen LogP contribution in [-0.2, 0) is 0 Å². The van der Waals surface area contributed by atoms with E-state index in [9.17, 15) is 0 Å². The minimum absolute atomic E-state index is 0.123. The molecule has 0 unspecified atom stereocenters. The molecular formula is C128H72S4Se2. The van der Waals surface area contributed by atoms with Gasteiger partial charge in [0.2, 0.25) is 0 Å². The Bertz CT molecular complexity index is 10100. The molecule has 0 aliphatic carbocycles. The molecule has 0 aliphatic heterocycles. The Morgan fingerprint density at radius 2 is 0.328 bits per heavy atom. The van der Waals surface area contributed by atoms with Gasteiger partial charge in [0.1, 0.15) is 0 Å². The van der Waals surface area contributed by atoms with Crippen molar-refractivity contribution in [2.24, 2.45) is 0 Å². The Balaban J connectivity index is 0.000000131. The summed E-state index contributed by atoms with van der Waals surface area (Å²) in [6.45, 7) is 0. The van der Waals surface area contributed by atoms with Gasteiger partial charge in [-0.25, -0.2) is 0 Å². The second-order valence-electron chi connectivity index (χ2n) is 35.5. The van der Waals surface area contributed by atoms with Crippen LogP contribution in [0.15, 0.2) is 437 Å². The Morgan fingerprint density at radius 3 is 0.634 bits per heavy atom. The molecule has 0 spiro atoms. The van der Waals surface area contributed by atoms with Gasteiger partial charge in [0, 0.05) is 4.70 Å². The fraction of sp³-hybridized carbons (Fsp3) is 0. The summed E-state index contributed by atoms with van der Waals surface area (Å²) in [5.74, 6) is 0. The van der Waals surface area contributed by atoms with Crippen LogP contribution in [0.4, 0.5) is 0 Å². The maximum atomic E-state index is 2.51. The zero-order valence-corrected chi connectivity index (χ0v) is 78.7. The molecule has 6 heterocycles. The van der Waals surface area contributed by atoms with Crippen LogP contribution >= 0.6 is 45.3 Å². The van der Waals surface area contributed by atoms with Crippen molar-refractivity contribution in [3.05, 3.63) is 437 Å². The SMILES string of the molecule is c1ccc2c(c1)sc1ccc(-c3c4ccccc4c(-c4ccc5[se]c6c(-c7c8ccccc8c(-c8ccc9sc%10ccccc%10c9c8)c8ccccc78)cccc6c5c4)c4ccccc34)cc12.c1ccc2c(c1)sc1cccc(-c3c4ccccc4c(-c4ccc5[se]c6c(-c7c8ccccc8c(-c8cccc9sc%10ccccc%10c89)c8ccccc78)cccc6c5c4)c4ccccc34)c12. The first kappa shape index (κ1) is 76.9. The fourth-order valence-electron chi connectivity index (χ4n) is 22.9. The van der Waals surface area contributed by atoms with Crippen LogP contribution in [0.3, 0.4) is 0 Å². The fourth-order valence-corrected chi connectivity index (χ4v) is 32.4. The molecule has 0 N–H and O–H groups in total. The zero-order chi connectivity index (χ0) is 87.5. The molecule has 0 saturated heterocycles. The topological polar surface area (TPSA) is 0 Å². The van der Waals surface area contributed by atoms with E-state index in [0.29, 0.717) is 0 Å². The molecule has 30 aromatic rings. The summed E-state index contributed by atoms with van der Waals surface area (Å²) in [6, 6.07) is 165. The summed E-state index contributed by atoms with van der Waals surface area (Å²) in [7, 11) is 0. The van der Waals surface area contributed by atoms with E-state index in [4.69, 9.17) is 0 Å². The summed E-state index contributed by atoms with van der Waals surface area (Å²) >= 11 is 7.79. The van der Waals surface area contributed by atoms with Crippen molar-refractivity contribution in [1.29, 1.82) is 0 Å². The van der Waals surface area contributed by atoms with Gasteiger partial charge >= 0.3 is 741 Å². The second kappa shape index (κ2) is 30.4. The van der Waals surface area contributed by atoms with Gasteiger partial charge in [-0.15, -0.1) is 11.3 Å². The Labute approximate surface area is 798 Å². The van der Waals surface area contributed by atoms with Crippen molar-refractivity contribution in [2.45, 2.75) is 0 Å². The Morgan fingerprint density at radius 1 is 0.127 bits per heavy atom. The molecular weight excluding hydrogens is 1820 g/mol. The van der Waals surface area contributed by atoms with Crippen LogP contribution in [0.2, 0.25) is 0 Å². The predicted octanol–water partition coefficient (Wildman–Crippen LogP) is 38.1. The normalized spacial score (nSPS) is 12.2. The van der Waals surface area contributed by atoms with E-state index in [1.807, 2.05) is 45.3 Å². The number of hydrogen-bond donors (Lipinski definition) is 0. The van der Waals surface area contributed by atoms with Crippen molar-refractivity contribution in [3.63, 3.8) is 0 Å². The van der Waals surface area contributed by atoms with Crippen LogP contribution in [-0.4, -0.2) is 29.0 Å². The van der Waals surface area contributed by atoms with E-state index in [1.54, 1.807) is 0 Å². The zero-order valence-electron chi connectivity index (χ0n) is 72.0. The van der Waals surface area contributed by atoms with Crippen molar-refractivity contribution in [3.8, 4) is 89.0 Å². The van der Waals surface area contributed by atoms with Gasteiger partial charge < -0.3 is 0 Å². The first-order valence-electron chi connectivity index (χ1n) is 45.8. The van der Waals surface area contributed by atoms with Crippen LogP contribution in [0.1, 0.15) is 0 Å². The quantitative estimate of drug-likeness (QED) is 0.105. The van der Waals surface area contributed by atoms with E-state index < -0.39 is 0 Å². The molecule has 6 aromatic heterocycles. The number of benzene rings is 24. The summed E-state index contributed by atoms with van der Waals surface area (Å²) in [6.07, 6.45) is 0. The molecule has 0 saturated carbocycles. The Hall–Kier alpha value is -14.7. The molecule has 6 heteroatoms. The monoisotopic (exact) mass is 1900 g/mol. The summed E-state index contributed by atoms with van der Waals surface area (Å²) in [5, 5.41) is 36.8. The van der Waals surface area contributed by atoms with Gasteiger partial charge in [0.05, 0.1) is 0 Å². The Kier molecular flexibility index (Phi) is 17.5. The molecule has 0 radical (unpaired) electrons. The van der Waals surface area contributed by atoms with Crippen LogP contribution in [0, 0.1) is 0 Å². The molecule has 620 valence electrons. The van der Waals surface area contributed by atoms with Crippen LogP contribution in [0.25, 0.3) is 294 Å². The predicted molar refractivity (Wildman–Crippen MR) is 592 cm³/mol. The first-order valence-corrected chi connectivity index (χ1v) is 52.5. The van der Waals surface area contributed by atoms with Crippen molar-refractivity contribution < 1.29 is 0 Å².